The number of carbonyl (C=O) groups is 1. The normalized spacial score (nSPS) is 15.0. The number of aromatic nitrogens is 3. The van der Waals surface area contributed by atoms with Crippen LogP contribution in [-0.2, 0) is 17.8 Å². The number of amides is 1. The molecule has 232 valence electrons. The summed E-state index contributed by atoms with van der Waals surface area (Å²) in [6, 6.07) is 19.6. The minimum atomic E-state index is -0.397. The summed E-state index contributed by atoms with van der Waals surface area (Å²) in [5.41, 5.74) is 5.02. The lowest BCUT2D eigenvalue weighted by Gasteiger charge is -2.32. The van der Waals surface area contributed by atoms with Crippen LogP contribution < -0.4 is 11.0 Å². The molecule has 0 saturated carbocycles. The number of H-pyrrole nitrogens is 1. The molecule has 3 aromatic carbocycles. The molecule has 1 aromatic heterocycles. The van der Waals surface area contributed by atoms with Crippen molar-refractivity contribution in [3.8, 4) is 28.6 Å². The van der Waals surface area contributed by atoms with Crippen LogP contribution in [0.2, 0.25) is 0 Å². The van der Waals surface area contributed by atoms with Gasteiger partial charge in [0, 0.05) is 26.1 Å². The number of phenolic OH excluding ortho intramolecular Hbond substituents is 2. The van der Waals surface area contributed by atoms with Gasteiger partial charge in [0.25, 0.3) is 0 Å². The molecule has 9 nitrogen and oxygen atoms in total. The molecule has 4 aromatic rings. The van der Waals surface area contributed by atoms with Gasteiger partial charge in [0.05, 0.1) is 11.3 Å². The first-order chi connectivity index (χ1) is 21.1. The predicted octanol–water partition coefficient (Wildman–Crippen LogP) is 5.46. The number of piperidine rings is 1. The van der Waals surface area contributed by atoms with E-state index in [1.807, 2.05) is 26.0 Å². The molecule has 1 saturated heterocycles. The van der Waals surface area contributed by atoms with Crippen LogP contribution in [0.5, 0.6) is 11.5 Å². The van der Waals surface area contributed by atoms with Gasteiger partial charge in [0.1, 0.15) is 11.5 Å². The van der Waals surface area contributed by atoms with Crippen LogP contribution in [0.15, 0.2) is 65.5 Å². The van der Waals surface area contributed by atoms with Crippen LogP contribution in [-0.4, -0.2) is 55.9 Å². The number of hydrogen-bond acceptors (Lipinski definition) is 6. The molecule has 2 heterocycles. The molecule has 5 rings (SSSR count). The van der Waals surface area contributed by atoms with Crippen molar-refractivity contribution in [2.75, 3.05) is 20.1 Å². The number of nitrogens with zero attached hydrogens (tertiary/aromatic N) is 3. The highest BCUT2D eigenvalue weighted by Crippen LogP contribution is 2.37. The summed E-state index contributed by atoms with van der Waals surface area (Å²) in [6.07, 6.45) is 3.74. The maximum absolute atomic E-state index is 12.8. The summed E-state index contributed by atoms with van der Waals surface area (Å²) in [5.74, 6) is 1.06. The Bertz CT molecular complexity index is 1630. The fraction of sp³-hybridized carbons (Fsp3) is 0.400. The zero-order valence-corrected chi connectivity index (χ0v) is 26.0. The third-order valence-corrected chi connectivity index (χ3v) is 8.83. The molecular formula is C35H43N5O4. The number of benzene rings is 3. The Morgan fingerprint density at radius 1 is 0.977 bits per heavy atom. The van der Waals surface area contributed by atoms with Gasteiger partial charge in [-0.15, -0.1) is 0 Å². The van der Waals surface area contributed by atoms with Crippen molar-refractivity contribution < 1.29 is 15.0 Å². The zero-order valence-electron chi connectivity index (χ0n) is 26.0. The minimum absolute atomic E-state index is 0.0140. The second-order valence-corrected chi connectivity index (χ2v) is 12.4. The van der Waals surface area contributed by atoms with Gasteiger partial charge in [0.2, 0.25) is 5.91 Å². The molecule has 0 unspecified atom stereocenters. The first-order valence-electron chi connectivity index (χ1n) is 15.5. The second-order valence-electron chi connectivity index (χ2n) is 12.4. The standard InChI is InChI=1S/C35H43N5O4/c1-22(2)29-19-30(32(42)20-31(29)41)34-37-38-35(44)40(34)28-11-7-24(8-12-28)18-25-13-15-39(16-14-25)21-26-5-9-27(10-6-26)23(3)17-33(43)36-4/h5-12,19-20,22-23,25,41-42H,13-18,21H2,1-4H3,(H,36,43)(H,38,44)/t23-/m1/s1. The van der Waals surface area contributed by atoms with E-state index in [0.717, 1.165) is 38.9 Å². The number of carbonyl (C=O) groups excluding carboxylic acids is 1. The summed E-state index contributed by atoms with van der Waals surface area (Å²) < 4.78 is 1.45. The summed E-state index contributed by atoms with van der Waals surface area (Å²) in [5, 5.41) is 30.2. The van der Waals surface area contributed by atoms with E-state index in [1.54, 1.807) is 13.1 Å². The number of rotatable bonds is 10. The zero-order chi connectivity index (χ0) is 31.4. The average molecular weight is 598 g/mol. The van der Waals surface area contributed by atoms with Crippen molar-refractivity contribution in [2.24, 2.45) is 5.92 Å². The van der Waals surface area contributed by atoms with E-state index in [-0.39, 0.29) is 29.2 Å². The average Bonchev–Trinajstić information content (AvgIpc) is 3.39. The highest BCUT2D eigenvalue weighted by Gasteiger charge is 2.22. The molecule has 0 spiro atoms. The van der Waals surface area contributed by atoms with Crippen LogP contribution in [0.4, 0.5) is 0 Å². The van der Waals surface area contributed by atoms with E-state index < -0.39 is 5.69 Å². The minimum Gasteiger partial charge on any atom is -0.508 e. The number of likely N-dealkylation sites (tertiary alicyclic amines) is 1. The molecule has 0 radical (unpaired) electrons. The van der Waals surface area contributed by atoms with E-state index in [9.17, 15) is 19.8 Å². The lowest BCUT2D eigenvalue weighted by Crippen LogP contribution is -2.33. The first-order valence-corrected chi connectivity index (χ1v) is 15.5. The fourth-order valence-electron chi connectivity index (χ4n) is 6.12. The molecule has 0 bridgehead atoms. The van der Waals surface area contributed by atoms with Gasteiger partial charge < -0.3 is 15.5 Å². The van der Waals surface area contributed by atoms with Gasteiger partial charge in [-0.1, -0.05) is 57.2 Å². The Kier molecular flexibility index (Phi) is 9.54. The largest absolute Gasteiger partial charge is 0.508 e. The molecule has 1 fully saturated rings. The molecule has 0 aliphatic carbocycles. The van der Waals surface area contributed by atoms with Crippen molar-refractivity contribution in [3.63, 3.8) is 0 Å². The Hall–Kier alpha value is -4.37. The van der Waals surface area contributed by atoms with Gasteiger partial charge in [0.15, 0.2) is 5.82 Å². The van der Waals surface area contributed by atoms with Crippen LogP contribution >= 0.6 is 0 Å². The summed E-state index contributed by atoms with van der Waals surface area (Å²) in [7, 11) is 1.68. The van der Waals surface area contributed by atoms with Gasteiger partial charge >= 0.3 is 5.69 Å². The fourth-order valence-corrected chi connectivity index (χ4v) is 6.12. The van der Waals surface area contributed by atoms with E-state index in [2.05, 4.69) is 63.7 Å². The summed E-state index contributed by atoms with van der Waals surface area (Å²) in [4.78, 5) is 27.0. The molecular weight excluding hydrogens is 554 g/mol. The second kappa shape index (κ2) is 13.5. The first kappa shape index (κ1) is 31.1. The highest BCUT2D eigenvalue weighted by molar-refractivity contribution is 5.76. The molecule has 1 aliphatic rings. The third kappa shape index (κ3) is 7.05. The van der Waals surface area contributed by atoms with Gasteiger partial charge in [-0.25, -0.2) is 14.5 Å². The molecule has 4 N–H and O–H groups in total. The van der Waals surface area contributed by atoms with E-state index in [4.69, 9.17) is 0 Å². The maximum Gasteiger partial charge on any atom is 0.348 e. The van der Waals surface area contributed by atoms with E-state index in [1.165, 1.54) is 27.3 Å². The summed E-state index contributed by atoms with van der Waals surface area (Å²) in [6.45, 7) is 9.04. The van der Waals surface area contributed by atoms with Crippen LogP contribution in [0, 0.1) is 5.92 Å². The van der Waals surface area contributed by atoms with Crippen molar-refractivity contribution in [2.45, 2.75) is 64.8 Å². The number of nitrogens with one attached hydrogen (secondary N) is 2. The Labute approximate surface area is 258 Å². The van der Waals surface area contributed by atoms with Crippen LogP contribution in [0.1, 0.15) is 74.1 Å². The van der Waals surface area contributed by atoms with Gasteiger partial charge in [-0.05, 0) is 90.6 Å². The summed E-state index contributed by atoms with van der Waals surface area (Å²) >= 11 is 0. The van der Waals surface area contributed by atoms with Crippen LogP contribution in [0.25, 0.3) is 17.1 Å². The van der Waals surface area contributed by atoms with E-state index >= 15 is 0 Å². The van der Waals surface area contributed by atoms with Crippen molar-refractivity contribution in [3.05, 3.63) is 93.4 Å². The number of aromatic hydroxyl groups is 2. The lowest BCUT2D eigenvalue weighted by molar-refractivity contribution is -0.120. The quantitative estimate of drug-likeness (QED) is 0.193. The molecule has 1 aliphatic heterocycles. The van der Waals surface area contributed by atoms with Gasteiger partial charge in [-0.2, -0.15) is 5.10 Å². The SMILES string of the molecule is CNC(=O)C[C@@H](C)c1ccc(CN2CCC(Cc3ccc(-n4c(-c5cc(C(C)C)c(O)cc5O)n[nH]c4=O)cc3)CC2)cc1. The van der Waals surface area contributed by atoms with Crippen molar-refractivity contribution in [1.82, 2.24) is 25.0 Å². The van der Waals surface area contributed by atoms with Gasteiger partial charge in [-0.3, -0.25) is 9.69 Å². The Morgan fingerprint density at radius 2 is 1.64 bits per heavy atom. The third-order valence-electron chi connectivity index (χ3n) is 8.83. The lowest BCUT2D eigenvalue weighted by atomic mass is 9.90. The molecule has 1 atom stereocenters. The van der Waals surface area contributed by atoms with Crippen molar-refractivity contribution in [1.29, 1.82) is 0 Å². The molecule has 1 amide bonds. The van der Waals surface area contributed by atoms with Crippen molar-refractivity contribution >= 4 is 5.91 Å². The highest BCUT2D eigenvalue weighted by atomic mass is 16.3. The van der Waals surface area contributed by atoms with E-state index in [0.29, 0.717) is 35.0 Å². The molecule has 9 heteroatoms. The monoisotopic (exact) mass is 597 g/mol. The molecule has 44 heavy (non-hydrogen) atoms. The number of phenols is 2. The smallest absolute Gasteiger partial charge is 0.348 e. The predicted molar refractivity (Wildman–Crippen MR) is 172 cm³/mol. The van der Waals surface area contributed by atoms with Crippen LogP contribution in [0.3, 0.4) is 0 Å². The Balaban J connectivity index is 1.18. The topological polar surface area (TPSA) is 123 Å². The number of aromatic amines is 1. The number of hydrogen-bond donors (Lipinski definition) is 4. The maximum atomic E-state index is 12.8. The Morgan fingerprint density at radius 3 is 2.27 bits per heavy atom.